The van der Waals surface area contributed by atoms with Gasteiger partial charge in [0.2, 0.25) is 0 Å². The average Bonchev–Trinajstić information content (AvgIpc) is 2.00. The third kappa shape index (κ3) is 4.79. The summed E-state index contributed by atoms with van der Waals surface area (Å²) in [5.41, 5.74) is 0. The molecule has 1 atom stereocenters. The van der Waals surface area contributed by atoms with Crippen molar-refractivity contribution in [1.29, 1.82) is 0 Å². The van der Waals surface area contributed by atoms with Crippen LogP contribution in [0.2, 0.25) is 0 Å². The lowest BCUT2D eigenvalue weighted by Gasteiger charge is -2.03. The second-order valence-corrected chi connectivity index (χ2v) is 2.70. The number of aliphatic hydroxyl groups excluding tert-OH is 1. The number of hydrogen-bond donors (Lipinski definition) is 1. The van der Waals surface area contributed by atoms with Gasteiger partial charge in [-0.3, -0.25) is 9.59 Å². The van der Waals surface area contributed by atoms with E-state index in [1.807, 2.05) is 0 Å². The summed E-state index contributed by atoms with van der Waals surface area (Å²) in [7, 11) is 0. The normalized spacial score (nSPS) is 12.2. The fraction of sp³-hybridized carbons (Fsp3) is 0.556. The molecule has 0 aromatic carbocycles. The molecule has 0 radical (unpaired) electrons. The second-order valence-electron chi connectivity index (χ2n) is 2.70. The molecule has 3 nitrogen and oxygen atoms in total. The summed E-state index contributed by atoms with van der Waals surface area (Å²) < 4.78 is 0. The smallest absolute Gasteiger partial charge is 0.158 e. The largest absolute Gasteiger partial charge is 0.385 e. The summed E-state index contributed by atoms with van der Waals surface area (Å²) in [6, 6.07) is 0. The molecule has 1 N–H and O–H groups in total. The molecule has 0 aromatic rings. The fourth-order valence-corrected chi connectivity index (χ4v) is 0.724. The molecule has 0 amide bonds. The van der Waals surface area contributed by atoms with Crippen LogP contribution in [0.25, 0.3) is 0 Å². The Morgan fingerprint density at radius 2 is 2.17 bits per heavy atom. The molecule has 12 heavy (non-hydrogen) atoms. The van der Waals surface area contributed by atoms with Gasteiger partial charge in [-0.05, 0) is 13.3 Å². The predicted octanol–water partition coefficient (Wildman–Crippen LogP) is 0.862. The summed E-state index contributed by atoms with van der Waals surface area (Å²) in [6.07, 6.45) is 1.40. The maximum absolute atomic E-state index is 11.0. The molecule has 0 aliphatic heterocycles. The number of ketones is 2. The van der Waals surface area contributed by atoms with Gasteiger partial charge < -0.3 is 5.11 Å². The van der Waals surface area contributed by atoms with Crippen molar-refractivity contribution in [2.75, 3.05) is 0 Å². The topological polar surface area (TPSA) is 54.4 Å². The van der Waals surface area contributed by atoms with E-state index in [1.54, 1.807) is 6.08 Å². The Morgan fingerprint density at radius 3 is 2.58 bits per heavy atom. The molecule has 0 aliphatic carbocycles. The van der Waals surface area contributed by atoms with Crippen LogP contribution in [-0.4, -0.2) is 22.8 Å². The van der Waals surface area contributed by atoms with Crippen molar-refractivity contribution >= 4 is 11.6 Å². The zero-order valence-electron chi connectivity index (χ0n) is 7.25. The maximum Gasteiger partial charge on any atom is 0.158 e. The molecule has 0 saturated heterocycles. The van der Waals surface area contributed by atoms with Crippen LogP contribution in [0.1, 0.15) is 26.2 Å². The van der Waals surface area contributed by atoms with E-state index in [0.29, 0.717) is 12.8 Å². The monoisotopic (exact) mass is 170 g/mol. The van der Waals surface area contributed by atoms with Crippen molar-refractivity contribution in [3.05, 3.63) is 12.7 Å². The molecule has 0 saturated carbocycles. The quantitative estimate of drug-likeness (QED) is 0.601. The number of Topliss-reactive ketones (excluding diaryl/α,β-unsaturated/α-hetero) is 2. The van der Waals surface area contributed by atoms with Crippen molar-refractivity contribution in [3.63, 3.8) is 0 Å². The van der Waals surface area contributed by atoms with Crippen molar-refractivity contribution in [2.45, 2.75) is 32.3 Å². The third-order valence-electron chi connectivity index (χ3n) is 1.52. The highest BCUT2D eigenvalue weighted by Crippen LogP contribution is 2.00. The number of rotatable bonds is 6. The highest BCUT2D eigenvalue weighted by molar-refractivity contribution is 5.88. The standard InChI is InChI=1S/C9H14O3/c1-3-4-5-8(11)6-9(12)7(2)10/h3,9,12H,1,4-6H2,2H3. The molecule has 68 valence electrons. The van der Waals surface area contributed by atoms with E-state index < -0.39 is 6.10 Å². The van der Waals surface area contributed by atoms with E-state index in [2.05, 4.69) is 6.58 Å². The third-order valence-corrected chi connectivity index (χ3v) is 1.52. The van der Waals surface area contributed by atoms with Crippen LogP contribution in [-0.2, 0) is 9.59 Å². The van der Waals surface area contributed by atoms with Crippen molar-refractivity contribution in [2.24, 2.45) is 0 Å². The SMILES string of the molecule is C=CCCC(=O)CC(O)C(C)=O. The van der Waals surface area contributed by atoms with Gasteiger partial charge in [-0.15, -0.1) is 6.58 Å². The van der Waals surface area contributed by atoms with E-state index in [1.165, 1.54) is 6.92 Å². The second kappa shape index (κ2) is 5.66. The van der Waals surface area contributed by atoms with Gasteiger partial charge >= 0.3 is 0 Å². The minimum Gasteiger partial charge on any atom is -0.385 e. The van der Waals surface area contributed by atoms with Crippen molar-refractivity contribution in [1.82, 2.24) is 0 Å². The lowest BCUT2D eigenvalue weighted by Crippen LogP contribution is -2.20. The van der Waals surface area contributed by atoms with E-state index in [9.17, 15) is 9.59 Å². The Morgan fingerprint density at radius 1 is 1.58 bits per heavy atom. The first-order valence-electron chi connectivity index (χ1n) is 3.89. The number of allylic oxidation sites excluding steroid dienone is 1. The van der Waals surface area contributed by atoms with Gasteiger partial charge in [-0.1, -0.05) is 6.08 Å². The molecule has 0 bridgehead atoms. The highest BCUT2D eigenvalue weighted by Gasteiger charge is 2.13. The van der Waals surface area contributed by atoms with Crippen molar-refractivity contribution < 1.29 is 14.7 Å². The Bertz CT molecular complexity index is 184. The van der Waals surface area contributed by atoms with Crippen LogP contribution in [0.3, 0.4) is 0 Å². The molecule has 0 spiro atoms. The van der Waals surface area contributed by atoms with E-state index in [4.69, 9.17) is 5.11 Å². The predicted molar refractivity (Wildman–Crippen MR) is 45.7 cm³/mol. The molecule has 1 unspecified atom stereocenters. The molecule has 0 rings (SSSR count). The minimum absolute atomic E-state index is 0.0663. The fourth-order valence-electron chi connectivity index (χ4n) is 0.724. The molecule has 0 fully saturated rings. The summed E-state index contributed by atoms with van der Waals surface area (Å²) in [5, 5.41) is 9.00. The zero-order valence-corrected chi connectivity index (χ0v) is 7.25. The number of carbonyl (C=O) groups excluding carboxylic acids is 2. The Labute approximate surface area is 72.1 Å². The summed E-state index contributed by atoms with van der Waals surface area (Å²) in [4.78, 5) is 21.5. The van der Waals surface area contributed by atoms with Crippen LogP contribution in [0.15, 0.2) is 12.7 Å². The van der Waals surface area contributed by atoms with Gasteiger partial charge in [0, 0.05) is 12.8 Å². The lowest BCUT2D eigenvalue weighted by molar-refractivity contribution is -0.130. The van der Waals surface area contributed by atoms with Gasteiger partial charge in [0.1, 0.15) is 11.9 Å². The first kappa shape index (κ1) is 11.0. The van der Waals surface area contributed by atoms with Gasteiger partial charge in [0.05, 0.1) is 0 Å². The lowest BCUT2D eigenvalue weighted by atomic mass is 10.1. The highest BCUT2D eigenvalue weighted by atomic mass is 16.3. The van der Waals surface area contributed by atoms with Gasteiger partial charge in [-0.25, -0.2) is 0 Å². The zero-order chi connectivity index (χ0) is 9.56. The van der Waals surface area contributed by atoms with Crippen molar-refractivity contribution in [3.8, 4) is 0 Å². The molecular weight excluding hydrogens is 156 g/mol. The minimum atomic E-state index is -1.12. The first-order chi connectivity index (χ1) is 5.57. The van der Waals surface area contributed by atoms with Crippen LogP contribution < -0.4 is 0 Å². The molecule has 0 aliphatic rings. The Kier molecular flexibility index (Phi) is 5.21. The summed E-state index contributed by atoms with van der Waals surface area (Å²) >= 11 is 0. The molecule has 0 aromatic heterocycles. The van der Waals surface area contributed by atoms with E-state index >= 15 is 0 Å². The van der Waals surface area contributed by atoms with Gasteiger partial charge in [0.25, 0.3) is 0 Å². The first-order valence-corrected chi connectivity index (χ1v) is 3.89. The number of hydrogen-bond acceptors (Lipinski definition) is 3. The molecular formula is C9H14O3. The molecule has 0 heterocycles. The summed E-state index contributed by atoms with van der Waals surface area (Å²) in [5.74, 6) is -0.459. The maximum atomic E-state index is 11.0. The summed E-state index contributed by atoms with van der Waals surface area (Å²) in [6.45, 7) is 4.73. The van der Waals surface area contributed by atoms with Crippen LogP contribution in [0.5, 0.6) is 0 Å². The number of carbonyl (C=O) groups is 2. The van der Waals surface area contributed by atoms with Crippen LogP contribution in [0, 0.1) is 0 Å². The molecule has 3 heteroatoms. The van der Waals surface area contributed by atoms with Gasteiger partial charge in [0.15, 0.2) is 5.78 Å². The average molecular weight is 170 g/mol. The van der Waals surface area contributed by atoms with E-state index in [-0.39, 0.29) is 18.0 Å². The van der Waals surface area contributed by atoms with Crippen LogP contribution in [0.4, 0.5) is 0 Å². The Balaban J connectivity index is 3.68. The number of aliphatic hydroxyl groups is 1. The van der Waals surface area contributed by atoms with Crippen LogP contribution >= 0.6 is 0 Å². The van der Waals surface area contributed by atoms with E-state index in [0.717, 1.165) is 0 Å². The van der Waals surface area contributed by atoms with Gasteiger partial charge in [-0.2, -0.15) is 0 Å². The Hall–Kier alpha value is -0.960.